The molecule has 0 bridgehead atoms. The normalized spacial score (nSPS) is 13.8. The van der Waals surface area contributed by atoms with Crippen LogP contribution in [-0.2, 0) is 14.3 Å². The number of carbonyl (C=O) groups excluding carboxylic acids is 2. The fourth-order valence-electron chi connectivity index (χ4n) is 3.61. The van der Waals surface area contributed by atoms with Crippen LogP contribution in [0.4, 0.5) is 0 Å². The van der Waals surface area contributed by atoms with Gasteiger partial charge in [0.2, 0.25) is 11.8 Å². The maximum atomic E-state index is 12.1. The smallest absolute Gasteiger partial charge is 0.243 e. The molecule has 0 atom stereocenters. The lowest BCUT2D eigenvalue weighted by molar-refractivity contribution is -0.135. The minimum Gasteiger partial charge on any atom is -0.493 e. The van der Waals surface area contributed by atoms with E-state index in [-0.39, 0.29) is 11.8 Å². The lowest BCUT2D eigenvalue weighted by atomic mass is 10.1. The Morgan fingerprint density at radius 3 is 2.61 bits per heavy atom. The third-order valence-corrected chi connectivity index (χ3v) is 5.60. The van der Waals surface area contributed by atoms with Crippen molar-refractivity contribution in [1.29, 1.82) is 0 Å². The second-order valence-electron chi connectivity index (χ2n) is 8.25. The van der Waals surface area contributed by atoms with Gasteiger partial charge in [-0.15, -0.1) is 0 Å². The summed E-state index contributed by atoms with van der Waals surface area (Å²) < 4.78 is 16.6. The van der Waals surface area contributed by atoms with Gasteiger partial charge in [-0.25, -0.2) is 0 Å². The molecule has 0 radical (unpaired) electrons. The number of ether oxygens (including phenoxy) is 3. The fraction of sp³-hybridized carbons (Fsp3) is 0.615. The van der Waals surface area contributed by atoms with E-state index < -0.39 is 0 Å². The van der Waals surface area contributed by atoms with E-state index in [1.54, 1.807) is 19.3 Å². The third kappa shape index (κ3) is 10.7. The number of unbranched alkanes of at least 4 members (excludes halogenated alkanes) is 5. The van der Waals surface area contributed by atoms with E-state index in [0.717, 1.165) is 37.7 Å². The highest BCUT2D eigenvalue weighted by atomic mass is 16.5. The van der Waals surface area contributed by atoms with E-state index in [0.29, 0.717) is 57.4 Å². The quantitative estimate of drug-likeness (QED) is 0.314. The first kappa shape index (κ1) is 26.7. The summed E-state index contributed by atoms with van der Waals surface area (Å²) in [6.07, 6.45) is 11.1. The van der Waals surface area contributed by atoms with Gasteiger partial charge in [-0.05, 0) is 49.5 Å². The number of amides is 2. The van der Waals surface area contributed by atoms with Gasteiger partial charge in [0.25, 0.3) is 0 Å². The van der Waals surface area contributed by atoms with Gasteiger partial charge in [0.05, 0.1) is 26.9 Å². The monoisotopic (exact) mass is 460 g/mol. The van der Waals surface area contributed by atoms with E-state index in [4.69, 9.17) is 14.2 Å². The second kappa shape index (κ2) is 16.1. The Morgan fingerprint density at radius 1 is 1.06 bits per heavy atom. The van der Waals surface area contributed by atoms with Crippen molar-refractivity contribution in [3.8, 4) is 11.5 Å². The molecule has 1 saturated heterocycles. The first-order valence-electron chi connectivity index (χ1n) is 12.3. The molecule has 0 aliphatic carbocycles. The average Bonchev–Trinajstić information content (AvgIpc) is 2.85. The molecule has 1 heterocycles. The number of benzene rings is 1. The third-order valence-electron chi connectivity index (χ3n) is 5.60. The first-order chi connectivity index (χ1) is 16.1. The Kier molecular flexibility index (Phi) is 13.1. The standard InChI is InChI=1S/C26H40N2O5/c1-3-4-5-8-15-27-25(29)14-12-22-11-13-23(24(21-22)31-2)33-18-9-6-7-10-26(30)28-16-19-32-20-17-28/h11-14,21H,3-10,15-20H2,1-2H3,(H,27,29). The van der Waals surface area contributed by atoms with Crippen LogP contribution in [0.15, 0.2) is 24.3 Å². The molecule has 7 nitrogen and oxygen atoms in total. The molecule has 0 spiro atoms. The van der Waals surface area contributed by atoms with Gasteiger partial charge >= 0.3 is 0 Å². The lowest BCUT2D eigenvalue weighted by Gasteiger charge is -2.26. The number of morpholine rings is 1. The number of carbonyl (C=O) groups is 2. The number of hydrogen-bond donors (Lipinski definition) is 1. The molecule has 1 fully saturated rings. The van der Waals surface area contributed by atoms with Crippen molar-refractivity contribution in [2.75, 3.05) is 46.6 Å². The molecule has 1 aliphatic heterocycles. The zero-order valence-corrected chi connectivity index (χ0v) is 20.3. The summed E-state index contributed by atoms with van der Waals surface area (Å²) in [4.78, 5) is 26.0. The Hall–Kier alpha value is -2.54. The SMILES string of the molecule is CCCCCCNC(=O)C=Cc1ccc(OCCCCCC(=O)N2CCOCC2)c(OC)c1. The van der Waals surface area contributed by atoms with Crippen LogP contribution in [0.3, 0.4) is 0 Å². The molecule has 0 saturated carbocycles. The number of nitrogens with zero attached hydrogens (tertiary/aromatic N) is 1. The highest BCUT2D eigenvalue weighted by Gasteiger charge is 2.15. The molecule has 1 aromatic carbocycles. The van der Waals surface area contributed by atoms with Gasteiger partial charge in [-0.1, -0.05) is 32.3 Å². The van der Waals surface area contributed by atoms with Crippen LogP contribution in [0.1, 0.15) is 63.9 Å². The summed E-state index contributed by atoms with van der Waals surface area (Å²) in [5, 5.41) is 2.91. The van der Waals surface area contributed by atoms with Crippen molar-refractivity contribution >= 4 is 17.9 Å². The Bertz CT molecular complexity index is 744. The van der Waals surface area contributed by atoms with Crippen LogP contribution in [-0.4, -0.2) is 63.3 Å². The van der Waals surface area contributed by atoms with Crippen molar-refractivity contribution < 1.29 is 23.8 Å². The molecule has 0 unspecified atom stereocenters. The van der Waals surface area contributed by atoms with Crippen molar-refractivity contribution in [1.82, 2.24) is 10.2 Å². The van der Waals surface area contributed by atoms with Crippen molar-refractivity contribution in [2.45, 2.75) is 58.3 Å². The molecule has 1 aliphatic rings. The molecule has 184 valence electrons. The van der Waals surface area contributed by atoms with Gasteiger partial charge < -0.3 is 24.4 Å². The number of nitrogens with one attached hydrogen (secondary N) is 1. The molecule has 2 amide bonds. The molecule has 1 N–H and O–H groups in total. The summed E-state index contributed by atoms with van der Waals surface area (Å²) in [7, 11) is 1.61. The van der Waals surface area contributed by atoms with E-state index in [1.807, 2.05) is 23.1 Å². The summed E-state index contributed by atoms with van der Waals surface area (Å²) in [6.45, 7) is 6.14. The summed E-state index contributed by atoms with van der Waals surface area (Å²) in [6, 6.07) is 5.63. The number of hydrogen-bond acceptors (Lipinski definition) is 5. The van der Waals surface area contributed by atoms with Crippen LogP contribution < -0.4 is 14.8 Å². The Balaban J connectivity index is 1.66. The van der Waals surface area contributed by atoms with Gasteiger partial charge in [-0.3, -0.25) is 9.59 Å². The maximum absolute atomic E-state index is 12.1. The predicted molar refractivity (Wildman–Crippen MR) is 131 cm³/mol. The van der Waals surface area contributed by atoms with E-state index in [2.05, 4.69) is 12.2 Å². The van der Waals surface area contributed by atoms with Crippen LogP contribution in [0.5, 0.6) is 11.5 Å². The van der Waals surface area contributed by atoms with Crippen molar-refractivity contribution in [2.24, 2.45) is 0 Å². The minimum absolute atomic E-state index is 0.0853. The van der Waals surface area contributed by atoms with Crippen LogP contribution in [0.2, 0.25) is 0 Å². The van der Waals surface area contributed by atoms with Crippen LogP contribution in [0.25, 0.3) is 6.08 Å². The molecule has 1 aromatic rings. The van der Waals surface area contributed by atoms with Crippen molar-refractivity contribution in [3.63, 3.8) is 0 Å². The molecular weight excluding hydrogens is 420 g/mol. The predicted octanol–water partition coefficient (Wildman–Crippen LogP) is 4.20. The molecule has 33 heavy (non-hydrogen) atoms. The van der Waals surface area contributed by atoms with Gasteiger partial charge in [0, 0.05) is 32.1 Å². The lowest BCUT2D eigenvalue weighted by Crippen LogP contribution is -2.40. The Morgan fingerprint density at radius 2 is 1.85 bits per heavy atom. The summed E-state index contributed by atoms with van der Waals surface area (Å²) in [5.74, 6) is 1.45. The summed E-state index contributed by atoms with van der Waals surface area (Å²) >= 11 is 0. The van der Waals surface area contributed by atoms with E-state index >= 15 is 0 Å². The zero-order chi connectivity index (χ0) is 23.7. The van der Waals surface area contributed by atoms with Crippen molar-refractivity contribution in [3.05, 3.63) is 29.8 Å². The number of rotatable bonds is 15. The maximum Gasteiger partial charge on any atom is 0.243 e. The van der Waals surface area contributed by atoms with Crippen LogP contribution >= 0.6 is 0 Å². The molecule has 2 rings (SSSR count). The molecule has 7 heteroatoms. The van der Waals surface area contributed by atoms with Gasteiger partial charge in [-0.2, -0.15) is 0 Å². The largest absolute Gasteiger partial charge is 0.493 e. The highest BCUT2D eigenvalue weighted by Crippen LogP contribution is 2.28. The second-order valence-corrected chi connectivity index (χ2v) is 8.25. The molecule has 0 aromatic heterocycles. The topological polar surface area (TPSA) is 77.1 Å². The van der Waals surface area contributed by atoms with Crippen LogP contribution in [0, 0.1) is 0 Å². The van der Waals surface area contributed by atoms with Gasteiger partial charge in [0.1, 0.15) is 0 Å². The highest BCUT2D eigenvalue weighted by molar-refractivity contribution is 5.91. The first-order valence-corrected chi connectivity index (χ1v) is 12.3. The fourth-order valence-corrected chi connectivity index (χ4v) is 3.61. The molecular formula is C26H40N2O5. The summed E-state index contributed by atoms with van der Waals surface area (Å²) in [5.41, 5.74) is 0.877. The zero-order valence-electron chi connectivity index (χ0n) is 20.3. The average molecular weight is 461 g/mol. The Labute approximate surface area is 198 Å². The number of methoxy groups -OCH3 is 1. The van der Waals surface area contributed by atoms with E-state index in [1.165, 1.54) is 12.8 Å². The van der Waals surface area contributed by atoms with E-state index in [9.17, 15) is 9.59 Å². The van der Waals surface area contributed by atoms with Gasteiger partial charge in [0.15, 0.2) is 11.5 Å². The minimum atomic E-state index is -0.0853.